The summed E-state index contributed by atoms with van der Waals surface area (Å²) >= 11 is 5.59. The van der Waals surface area contributed by atoms with Crippen LogP contribution in [0.1, 0.15) is 49.6 Å². The van der Waals surface area contributed by atoms with E-state index in [0.29, 0.717) is 21.8 Å². The number of thiophene rings is 1. The second kappa shape index (κ2) is 8.16. The molecule has 1 fully saturated rings. The van der Waals surface area contributed by atoms with Gasteiger partial charge in [0.1, 0.15) is 10.6 Å². The van der Waals surface area contributed by atoms with Gasteiger partial charge in [0.2, 0.25) is 0 Å². The number of aryl methyl sites for hydroxylation is 2. The monoisotopic (exact) mass is 443 g/mol. The van der Waals surface area contributed by atoms with Gasteiger partial charge in [-0.25, -0.2) is 14.8 Å². The SMILES string of the molecule is Nc1nc(COC(=O)c2ccc(C3SCCS3)cc2)nc2sc3c(c12)CCCC3. The molecule has 0 saturated carbocycles. The van der Waals surface area contributed by atoms with Crippen LogP contribution in [0.25, 0.3) is 10.2 Å². The van der Waals surface area contributed by atoms with E-state index >= 15 is 0 Å². The van der Waals surface area contributed by atoms with Gasteiger partial charge in [-0.2, -0.15) is 0 Å². The summed E-state index contributed by atoms with van der Waals surface area (Å²) in [4.78, 5) is 23.7. The molecule has 3 heterocycles. The number of carbonyl (C=O) groups is 1. The number of rotatable bonds is 4. The second-order valence-corrected chi connectivity index (χ2v) is 11.0. The summed E-state index contributed by atoms with van der Waals surface area (Å²) in [6.07, 6.45) is 4.54. The first-order chi connectivity index (χ1) is 14.2. The molecule has 2 aliphatic rings. The molecular weight excluding hydrogens is 422 g/mol. The van der Waals surface area contributed by atoms with E-state index in [1.807, 2.05) is 47.8 Å². The lowest BCUT2D eigenvalue weighted by Crippen LogP contribution is -2.09. The summed E-state index contributed by atoms with van der Waals surface area (Å²) in [5.41, 5.74) is 9.34. The number of nitrogens with two attached hydrogens (primary N) is 1. The molecule has 3 aromatic rings. The van der Waals surface area contributed by atoms with Gasteiger partial charge in [0.15, 0.2) is 12.4 Å². The van der Waals surface area contributed by atoms with Crippen LogP contribution < -0.4 is 5.73 Å². The van der Waals surface area contributed by atoms with E-state index in [0.717, 1.165) is 23.1 Å². The van der Waals surface area contributed by atoms with Crippen LogP contribution in [0.5, 0.6) is 0 Å². The number of aromatic nitrogens is 2. The van der Waals surface area contributed by atoms with E-state index in [4.69, 9.17) is 10.5 Å². The van der Waals surface area contributed by atoms with Gasteiger partial charge in [-0.15, -0.1) is 34.9 Å². The number of anilines is 1. The maximum absolute atomic E-state index is 12.4. The Morgan fingerprint density at radius 2 is 1.86 bits per heavy atom. The van der Waals surface area contributed by atoms with Gasteiger partial charge in [-0.3, -0.25) is 0 Å². The minimum atomic E-state index is -0.365. The molecule has 0 bridgehead atoms. The maximum atomic E-state index is 12.4. The number of carbonyl (C=O) groups excluding carboxylic acids is 1. The zero-order valence-corrected chi connectivity index (χ0v) is 18.3. The Bertz CT molecular complexity index is 1060. The smallest absolute Gasteiger partial charge is 0.338 e. The number of thioether (sulfide) groups is 2. The van der Waals surface area contributed by atoms with Crippen LogP contribution in [0.3, 0.4) is 0 Å². The van der Waals surface area contributed by atoms with Crippen LogP contribution in [0.15, 0.2) is 24.3 Å². The third-order valence-corrected chi connectivity index (χ3v) is 9.55. The van der Waals surface area contributed by atoms with Crippen molar-refractivity contribution in [1.29, 1.82) is 0 Å². The van der Waals surface area contributed by atoms with E-state index in [1.165, 1.54) is 40.4 Å². The van der Waals surface area contributed by atoms with Crippen LogP contribution >= 0.6 is 34.9 Å². The zero-order valence-electron chi connectivity index (χ0n) is 15.8. The molecule has 1 aliphatic carbocycles. The normalized spacial score (nSPS) is 16.8. The fraction of sp³-hybridized carbons (Fsp3) is 0.381. The summed E-state index contributed by atoms with van der Waals surface area (Å²) in [5.74, 6) is 2.95. The van der Waals surface area contributed by atoms with Gasteiger partial charge in [-0.05, 0) is 48.9 Å². The topological polar surface area (TPSA) is 78.1 Å². The Kier molecular flexibility index (Phi) is 5.41. The van der Waals surface area contributed by atoms with Gasteiger partial charge in [0.25, 0.3) is 0 Å². The highest BCUT2D eigenvalue weighted by molar-refractivity contribution is 8.19. The fourth-order valence-corrected chi connectivity index (χ4v) is 7.98. The molecule has 8 heteroatoms. The van der Waals surface area contributed by atoms with Crippen molar-refractivity contribution in [2.75, 3.05) is 17.2 Å². The standard InChI is InChI=1S/C21H21N3O2S3/c22-18-17-14-3-1-2-4-15(14)29-19(17)24-16(23-18)11-26-20(25)12-5-7-13(8-6-12)21-27-9-10-28-21/h5-8,21H,1-4,9-11H2,(H2,22,23,24). The number of hydrogen-bond acceptors (Lipinski definition) is 8. The lowest BCUT2D eigenvalue weighted by atomic mass is 9.97. The predicted molar refractivity (Wildman–Crippen MR) is 122 cm³/mol. The molecule has 150 valence electrons. The van der Waals surface area contributed by atoms with E-state index in [9.17, 15) is 4.79 Å². The van der Waals surface area contributed by atoms with E-state index in [2.05, 4.69) is 9.97 Å². The van der Waals surface area contributed by atoms with Crippen LogP contribution in [0, 0.1) is 0 Å². The van der Waals surface area contributed by atoms with Crippen molar-refractivity contribution in [3.05, 3.63) is 51.7 Å². The lowest BCUT2D eigenvalue weighted by molar-refractivity contribution is 0.0463. The Balaban J connectivity index is 1.29. The summed E-state index contributed by atoms with van der Waals surface area (Å²) < 4.78 is 5.93. The first kappa shape index (κ1) is 19.2. The highest BCUT2D eigenvalue weighted by Crippen LogP contribution is 2.45. The van der Waals surface area contributed by atoms with E-state index in [-0.39, 0.29) is 12.6 Å². The Morgan fingerprint density at radius 3 is 2.66 bits per heavy atom. The fourth-order valence-electron chi connectivity index (χ4n) is 3.84. The number of ether oxygens (including phenoxy) is 1. The number of esters is 1. The first-order valence-electron chi connectivity index (χ1n) is 9.76. The molecule has 5 nitrogen and oxygen atoms in total. The van der Waals surface area contributed by atoms with Gasteiger partial charge in [-0.1, -0.05) is 12.1 Å². The average molecular weight is 444 g/mol. The van der Waals surface area contributed by atoms with Gasteiger partial charge < -0.3 is 10.5 Å². The third kappa shape index (κ3) is 3.85. The highest BCUT2D eigenvalue weighted by atomic mass is 32.2. The molecule has 0 radical (unpaired) electrons. The minimum absolute atomic E-state index is 0.0254. The molecule has 1 aliphatic heterocycles. The summed E-state index contributed by atoms with van der Waals surface area (Å²) in [7, 11) is 0. The van der Waals surface area contributed by atoms with Crippen LogP contribution in [-0.4, -0.2) is 27.4 Å². The summed E-state index contributed by atoms with van der Waals surface area (Å²) in [6.45, 7) is 0.0254. The summed E-state index contributed by atoms with van der Waals surface area (Å²) in [5, 5.41) is 0.998. The van der Waals surface area contributed by atoms with Crippen LogP contribution in [0.4, 0.5) is 5.82 Å². The van der Waals surface area contributed by atoms with Gasteiger partial charge in [0.05, 0.1) is 15.5 Å². The molecule has 0 spiro atoms. The van der Waals surface area contributed by atoms with Crippen molar-refractivity contribution in [3.63, 3.8) is 0 Å². The first-order valence-corrected chi connectivity index (χ1v) is 12.7. The molecule has 0 amide bonds. The Morgan fingerprint density at radius 1 is 1.10 bits per heavy atom. The van der Waals surface area contributed by atoms with Crippen molar-refractivity contribution in [2.45, 2.75) is 36.9 Å². The Hall–Kier alpha value is -1.77. The molecule has 5 rings (SSSR count). The highest BCUT2D eigenvalue weighted by Gasteiger charge is 2.21. The molecule has 1 saturated heterocycles. The van der Waals surface area contributed by atoms with E-state index in [1.54, 1.807) is 11.3 Å². The predicted octanol–water partition coefficient (Wildman–Crippen LogP) is 4.99. The lowest BCUT2D eigenvalue weighted by Gasteiger charge is -2.11. The van der Waals surface area contributed by atoms with E-state index < -0.39 is 0 Å². The van der Waals surface area contributed by atoms with Crippen LogP contribution in [-0.2, 0) is 24.2 Å². The van der Waals surface area contributed by atoms with Crippen molar-refractivity contribution < 1.29 is 9.53 Å². The van der Waals surface area contributed by atoms with Gasteiger partial charge >= 0.3 is 5.97 Å². The summed E-state index contributed by atoms with van der Waals surface area (Å²) in [6, 6.07) is 7.71. The van der Waals surface area contributed by atoms with Crippen molar-refractivity contribution in [1.82, 2.24) is 9.97 Å². The molecule has 0 atom stereocenters. The largest absolute Gasteiger partial charge is 0.454 e. The number of nitrogen functional groups attached to an aromatic ring is 1. The Labute approximate surface area is 181 Å². The molecule has 0 unspecified atom stereocenters. The molecule has 2 aromatic heterocycles. The van der Waals surface area contributed by atoms with Gasteiger partial charge in [0, 0.05) is 16.4 Å². The maximum Gasteiger partial charge on any atom is 0.338 e. The minimum Gasteiger partial charge on any atom is -0.454 e. The number of fused-ring (bicyclic) bond motifs is 3. The molecule has 29 heavy (non-hydrogen) atoms. The van der Waals surface area contributed by atoms with Crippen molar-refractivity contribution >= 4 is 56.9 Å². The number of nitrogens with zero attached hydrogens (tertiary/aromatic N) is 2. The third-order valence-electron chi connectivity index (χ3n) is 5.26. The second-order valence-electron chi connectivity index (χ2n) is 7.19. The number of hydrogen-bond donors (Lipinski definition) is 1. The number of benzene rings is 1. The molecule has 2 N–H and O–H groups in total. The average Bonchev–Trinajstić information content (AvgIpc) is 3.40. The quantitative estimate of drug-likeness (QED) is 0.569. The molecular formula is C21H21N3O2S3. The molecule has 1 aromatic carbocycles. The van der Waals surface area contributed by atoms with Crippen molar-refractivity contribution in [3.8, 4) is 0 Å². The van der Waals surface area contributed by atoms with Crippen molar-refractivity contribution in [2.24, 2.45) is 0 Å². The zero-order chi connectivity index (χ0) is 19.8. The van der Waals surface area contributed by atoms with Crippen LogP contribution in [0.2, 0.25) is 0 Å².